The third kappa shape index (κ3) is 4.69. The van der Waals surface area contributed by atoms with Crippen molar-refractivity contribution in [3.8, 4) is 0 Å². The SMILES string of the molecule is C(=C\c1ccccc1)/C[NH+]1CC[NH+](C2CCCCCC2)CC1. The number of hydrogen-bond donors (Lipinski definition) is 2. The minimum atomic E-state index is 0.976. The van der Waals surface area contributed by atoms with E-state index in [0.717, 1.165) is 6.04 Å². The summed E-state index contributed by atoms with van der Waals surface area (Å²) in [6, 6.07) is 11.6. The van der Waals surface area contributed by atoms with Crippen LogP contribution < -0.4 is 9.80 Å². The Balaban J connectivity index is 1.41. The number of quaternary nitrogens is 2. The number of rotatable bonds is 4. The highest BCUT2D eigenvalue weighted by atomic mass is 15.3. The van der Waals surface area contributed by atoms with E-state index in [-0.39, 0.29) is 0 Å². The average molecular weight is 300 g/mol. The van der Waals surface area contributed by atoms with Crippen molar-refractivity contribution >= 4 is 6.08 Å². The molecular weight excluding hydrogens is 268 g/mol. The Hall–Kier alpha value is -1.12. The second-order valence-electron chi connectivity index (χ2n) is 7.11. The third-order valence-corrected chi connectivity index (χ3v) is 5.55. The first-order chi connectivity index (χ1) is 10.9. The Bertz CT molecular complexity index is 438. The molecule has 0 aromatic heterocycles. The van der Waals surface area contributed by atoms with Gasteiger partial charge in [-0.05, 0) is 37.3 Å². The summed E-state index contributed by atoms with van der Waals surface area (Å²) in [4.78, 5) is 3.68. The lowest BCUT2D eigenvalue weighted by atomic mass is 10.1. The molecular formula is C20H32N2+2. The molecule has 1 heterocycles. The van der Waals surface area contributed by atoms with Gasteiger partial charge in [-0.1, -0.05) is 49.2 Å². The minimum Gasteiger partial charge on any atom is -0.323 e. The van der Waals surface area contributed by atoms with Gasteiger partial charge in [0.2, 0.25) is 0 Å². The predicted molar refractivity (Wildman–Crippen MR) is 93.2 cm³/mol. The van der Waals surface area contributed by atoms with Gasteiger partial charge in [-0.2, -0.15) is 0 Å². The van der Waals surface area contributed by atoms with Crippen LogP contribution in [0.4, 0.5) is 0 Å². The Labute approximate surface area is 135 Å². The van der Waals surface area contributed by atoms with Gasteiger partial charge in [0, 0.05) is 0 Å². The van der Waals surface area contributed by atoms with Crippen molar-refractivity contribution in [1.82, 2.24) is 0 Å². The fraction of sp³-hybridized carbons (Fsp3) is 0.600. The highest BCUT2D eigenvalue weighted by Crippen LogP contribution is 2.15. The molecule has 2 aliphatic rings. The van der Waals surface area contributed by atoms with Crippen LogP contribution >= 0.6 is 0 Å². The summed E-state index contributed by atoms with van der Waals surface area (Å²) in [6.45, 7) is 6.67. The maximum atomic E-state index is 2.36. The minimum absolute atomic E-state index is 0.976. The quantitative estimate of drug-likeness (QED) is 0.774. The molecule has 2 fully saturated rings. The van der Waals surface area contributed by atoms with Crippen LogP contribution in [0.1, 0.15) is 44.1 Å². The van der Waals surface area contributed by atoms with Crippen LogP contribution in [0.5, 0.6) is 0 Å². The first-order valence-electron chi connectivity index (χ1n) is 9.31. The molecule has 1 saturated heterocycles. The first-order valence-corrected chi connectivity index (χ1v) is 9.31. The maximum Gasteiger partial charge on any atom is 0.127 e. The lowest BCUT2D eigenvalue weighted by Crippen LogP contribution is -3.29. The summed E-state index contributed by atoms with van der Waals surface area (Å²) in [7, 11) is 0. The van der Waals surface area contributed by atoms with Crippen LogP contribution in [0, 0.1) is 0 Å². The lowest BCUT2D eigenvalue weighted by molar-refractivity contribution is -1.02. The zero-order valence-electron chi connectivity index (χ0n) is 13.9. The molecule has 2 N–H and O–H groups in total. The van der Waals surface area contributed by atoms with Crippen molar-refractivity contribution in [2.45, 2.75) is 44.6 Å². The molecule has 1 aromatic carbocycles. The molecule has 1 aliphatic heterocycles. The molecule has 0 unspecified atom stereocenters. The normalized spacial score (nSPS) is 27.8. The molecule has 2 nitrogen and oxygen atoms in total. The summed E-state index contributed by atoms with van der Waals surface area (Å²) in [5.41, 5.74) is 1.32. The molecule has 1 aromatic rings. The maximum absolute atomic E-state index is 2.36. The summed E-state index contributed by atoms with van der Waals surface area (Å²) in [6.07, 6.45) is 13.5. The second-order valence-corrected chi connectivity index (χ2v) is 7.11. The van der Waals surface area contributed by atoms with E-state index in [9.17, 15) is 0 Å². The predicted octanol–water partition coefficient (Wildman–Crippen LogP) is 1.21. The molecule has 0 radical (unpaired) electrons. The van der Waals surface area contributed by atoms with Crippen LogP contribution in [0.2, 0.25) is 0 Å². The molecule has 0 atom stereocenters. The van der Waals surface area contributed by atoms with Crippen molar-refractivity contribution in [3.63, 3.8) is 0 Å². The number of benzene rings is 1. The van der Waals surface area contributed by atoms with Crippen molar-refractivity contribution in [1.29, 1.82) is 0 Å². The monoisotopic (exact) mass is 300 g/mol. The van der Waals surface area contributed by atoms with Gasteiger partial charge in [-0.15, -0.1) is 0 Å². The Morgan fingerprint density at radius 1 is 0.864 bits per heavy atom. The summed E-state index contributed by atoms with van der Waals surface area (Å²) >= 11 is 0. The van der Waals surface area contributed by atoms with Crippen LogP contribution in [-0.4, -0.2) is 38.8 Å². The largest absolute Gasteiger partial charge is 0.323 e. The third-order valence-electron chi connectivity index (χ3n) is 5.55. The topological polar surface area (TPSA) is 8.88 Å². The van der Waals surface area contributed by atoms with E-state index in [1.54, 1.807) is 4.90 Å². The van der Waals surface area contributed by atoms with Gasteiger partial charge in [0.15, 0.2) is 0 Å². The van der Waals surface area contributed by atoms with Gasteiger partial charge in [0.1, 0.15) is 26.2 Å². The molecule has 22 heavy (non-hydrogen) atoms. The standard InChI is InChI=1S/C20H30N2/c1-2-7-13-20(12-6-1)22-17-15-21(16-18-22)14-8-11-19-9-4-3-5-10-19/h3-5,8-11,20H,1-2,6-7,12-18H2/p+2/b11-8+. The van der Waals surface area contributed by atoms with Crippen LogP contribution in [0.25, 0.3) is 6.08 Å². The zero-order chi connectivity index (χ0) is 15.0. The zero-order valence-corrected chi connectivity index (χ0v) is 13.9. The van der Waals surface area contributed by atoms with Crippen molar-refractivity contribution < 1.29 is 9.80 Å². The number of nitrogens with one attached hydrogen (secondary N) is 2. The fourth-order valence-electron chi connectivity index (χ4n) is 4.15. The molecule has 120 valence electrons. The molecule has 0 spiro atoms. The van der Waals surface area contributed by atoms with E-state index in [2.05, 4.69) is 42.5 Å². The van der Waals surface area contributed by atoms with Gasteiger partial charge in [-0.25, -0.2) is 0 Å². The molecule has 0 amide bonds. The van der Waals surface area contributed by atoms with Gasteiger partial charge >= 0.3 is 0 Å². The van der Waals surface area contributed by atoms with E-state index in [0.29, 0.717) is 0 Å². The second kappa shape index (κ2) is 8.50. The lowest BCUT2D eigenvalue weighted by Gasteiger charge is -2.34. The number of piperazine rings is 1. The van der Waals surface area contributed by atoms with Gasteiger partial charge in [0.25, 0.3) is 0 Å². The number of hydrogen-bond acceptors (Lipinski definition) is 0. The highest BCUT2D eigenvalue weighted by Gasteiger charge is 2.29. The molecule has 2 heteroatoms. The van der Waals surface area contributed by atoms with E-state index >= 15 is 0 Å². The van der Waals surface area contributed by atoms with E-state index < -0.39 is 0 Å². The Morgan fingerprint density at radius 2 is 1.55 bits per heavy atom. The summed E-state index contributed by atoms with van der Waals surface area (Å²) in [5.74, 6) is 0. The fourth-order valence-corrected chi connectivity index (χ4v) is 4.15. The molecule has 3 rings (SSSR count). The van der Waals surface area contributed by atoms with Gasteiger partial charge < -0.3 is 9.80 Å². The summed E-state index contributed by atoms with van der Waals surface area (Å²) in [5, 5.41) is 0. The van der Waals surface area contributed by atoms with Crippen molar-refractivity contribution in [2.24, 2.45) is 0 Å². The van der Waals surface area contributed by atoms with Gasteiger partial charge in [-0.3, -0.25) is 0 Å². The van der Waals surface area contributed by atoms with Gasteiger partial charge in [0.05, 0.1) is 12.6 Å². The Kier molecular flexibility index (Phi) is 6.09. The Morgan fingerprint density at radius 3 is 2.23 bits per heavy atom. The highest BCUT2D eigenvalue weighted by molar-refractivity contribution is 5.48. The molecule has 1 saturated carbocycles. The van der Waals surface area contributed by atoms with E-state index in [4.69, 9.17) is 0 Å². The first kappa shape index (κ1) is 15.8. The van der Waals surface area contributed by atoms with Crippen molar-refractivity contribution in [2.75, 3.05) is 32.7 Å². The van der Waals surface area contributed by atoms with Crippen LogP contribution in [0.3, 0.4) is 0 Å². The molecule has 0 bridgehead atoms. The summed E-state index contributed by atoms with van der Waals surface area (Å²) < 4.78 is 0. The van der Waals surface area contributed by atoms with Crippen LogP contribution in [-0.2, 0) is 0 Å². The van der Waals surface area contributed by atoms with Crippen molar-refractivity contribution in [3.05, 3.63) is 42.0 Å². The van der Waals surface area contributed by atoms with Crippen LogP contribution in [0.15, 0.2) is 36.4 Å². The van der Waals surface area contributed by atoms with E-state index in [1.165, 1.54) is 76.8 Å². The average Bonchev–Trinajstić information content (AvgIpc) is 2.86. The smallest absolute Gasteiger partial charge is 0.127 e. The van der Waals surface area contributed by atoms with E-state index in [1.807, 2.05) is 4.90 Å². The molecule has 1 aliphatic carbocycles.